The first-order valence-electron chi connectivity index (χ1n) is 13.2. The predicted octanol–water partition coefficient (Wildman–Crippen LogP) is 7.84. The van der Waals surface area contributed by atoms with Crippen LogP contribution in [-0.2, 0) is 27.8 Å². The lowest BCUT2D eigenvalue weighted by molar-refractivity contribution is 0.579. The maximum Gasteiger partial charge on any atom is 0.153 e. The summed E-state index contributed by atoms with van der Waals surface area (Å²) in [5, 5.41) is 0.177. The fourth-order valence-electron chi connectivity index (χ4n) is 6.12. The van der Waals surface area contributed by atoms with Gasteiger partial charge in [-0.05, 0) is 130 Å². The van der Waals surface area contributed by atoms with Crippen molar-refractivity contribution in [1.29, 1.82) is 0 Å². The molecule has 0 aromatic heterocycles. The summed E-state index contributed by atoms with van der Waals surface area (Å²) >= 11 is -2.17. The Morgan fingerprint density at radius 2 is 0.946 bits per heavy atom. The molecule has 0 aliphatic heterocycles. The van der Waals surface area contributed by atoms with E-state index in [1.807, 2.05) is 12.1 Å². The van der Waals surface area contributed by atoms with E-state index in [-0.39, 0.29) is 10.5 Å². The van der Waals surface area contributed by atoms with E-state index in [0.717, 1.165) is 22.6 Å². The molecule has 4 unspecified atom stereocenters. The molecular formula is C33H32O2S2. The molecule has 4 heteroatoms. The fourth-order valence-corrected chi connectivity index (χ4v) is 8.52. The summed E-state index contributed by atoms with van der Waals surface area (Å²) in [4.78, 5) is 1.76. The van der Waals surface area contributed by atoms with E-state index in [2.05, 4.69) is 100 Å². The molecule has 2 nitrogen and oxygen atoms in total. The number of hydrogen-bond acceptors (Lipinski definition) is 2. The molecule has 0 saturated carbocycles. The third kappa shape index (κ3) is 3.50. The number of rotatable bonds is 6. The van der Waals surface area contributed by atoms with Gasteiger partial charge in [-0.15, -0.1) is 0 Å². The van der Waals surface area contributed by atoms with Crippen LogP contribution >= 0.6 is 0 Å². The average molecular weight is 525 g/mol. The highest BCUT2D eigenvalue weighted by atomic mass is 32.2. The molecule has 4 aromatic rings. The predicted molar refractivity (Wildman–Crippen MR) is 155 cm³/mol. The number of hydrogen-bond donors (Lipinski definition) is 0. The Bertz CT molecular complexity index is 1380. The van der Waals surface area contributed by atoms with E-state index in [1.54, 1.807) is 0 Å². The Morgan fingerprint density at radius 1 is 0.568 bits per heavy atom. The SMILES string of the molecule is CCC(C)[S+]([O-])c1ccc2c(c1)C1(c3ccccc3-2)c2ccccc2-c2ccc([S+]([O-])C(C)CC)cc21. The summed E-state index contributed by atoms with van der Waals surface area (Å²) < 4.78 is 26.9. The Labute approximate surface area is 226 Å². The van der Waals surface area contributed by atoms with Crippen LogP contribution in [0.2, 0.25) is 0 Å². The second-order valence-corrected chi connectivity index (χ2v) is 14.0. The molecular weight excluding hydrogens is 492 g/mol. The van der Waals surface area contributed by atoms with Crippen LogP contribution in [0.1, 0.15) is 62.8 Å². The van der Waals surface area contributed by atoms with Crippen molar-refractivity contribution in [3.05, 3.63) is 107 Å². The lowest BCUT2D eigenvalue weighted by atomic mass is 9.70. The van der Waals surface area contributed by atoms with E-state index in [1.165, 1.54) is 44.5 Å². The summed E-state index contributed by atoms with van der Waals surface area (Å²) in [6.07, 6.45) is 1.73. The molecule has 2 aliphatic rings. The summed E-state index contributed by atoms with van der Waals surface area (Å²) in [7, 11) is 0. The third-order valence-electron chi connectivity index (χ3n) is 8.38. The quantitative estimate of drug-likeness (QED) is 0.208. The van der Waals surface area contributed by atoms with Crippen molar-refractivity contribution in [3.8, 4) is 22.3 Å². The van der Waals surface area contributed by atoms with Crippen molar-refractivity contribution in [3.63, 3.8) is 0 Å². The number of fused-ring (bicyclic) bond motifs is 10. The van der Waals surface area contributed by atoms with Crippen LogP contribution < -0.4 is 0 Å². The second kappa shape index (κ2) is 9.36. The van der Waals surface area contributed by atoms with Gasteiger partial charge in [0.25, 0.3) is 0 Å². The molecule has 0 heterocycles. The normalized spacial score (nSPS) is 20.1. The Balaban J connectivity index is 1.69. The first-order chi connectivity index (χ1) is 17.9. The van der Waals surface area contributed by atoms with E-state index < -0.39 is 27.8 Å². The largest absolute Gasteiger partial charge is 0.611 e. The number of benzene rings is 4. The van der Waals surface area contributed by atoms with Crippen LogP contribution in [0.3, 0.4) is 0 Å². The molecule has 4 atom stereocenters. The molecule has 37 heavy (non-hydrogen) atoms. The molecule has 0 fully saturated rings. The summed E-state index contributed by atoms with van der Waals surface area (Å²) in [5.41, 5.74) is 9.14. The molecule has 2 aliphatic carbocycles. The van der Waals surface area contributed by atoms with Gasteiger partial charge < -0.3 is 9.11 Å². The van der Waals surface area contributed by atoms with Gasteiger partial charge in [0.1, 0.15) is 10.5 Å². The minimum absolute atomic E-state index is 0.0884. The van der Waals surface area contributed by atoms with Gasteiger partial charge in [0.2, 0.25) is 0 Å². The molecule has 1 spiro atoms. The minimum Gasteiger partial charge on any atom is -0.611 e. The van der Waals surface area contributed by atoms with Crippen molar-refractivity contribution in [1.82, 2.24) is 0 Å². The minimum atomic E-state index is -1.09. The first-order valence-corrected chi connectivity index (χ1v) is 15.7. The van der Waals surface area contributed by atoms with Crippen LogP contribution in [0.4, 0.5) is 0 Å². The van der Waals surface area contributed by atoms with Gasteiger partial charge in [-0.2, -0.15) is 0 Å². The Kier molecular flexibility index (Phi) is 6.27. The highest BCUT2D eigenvalue weighted by Crippen LogP contribution is 2.63. The van der Waals surface area contributed by atoms with Crippen LogP contribution in [-0.4, -0.2) is 19.6 Å². The highest BCUT2D eigenvalue weighted by Gasteiger charge is 2.52. The monoisotopic (exact) mass is 524 g/mol. The maximum atomic E-state index is 13.5. The summed E-state index contributed by atoms with van der Waals surface area (Å²) in [5.74, 6) is 0. The van der Waals surface area contributed by atoms with Crippen LogP contribution in [0, 0.1) is 0 Å². The van der Waals surface area contributed by atoms with Gasteiger partial charge in [0.05, 0.1) is 5.41 Å². The highest BCUT2D eigenvalue weighted by molar-refractivity contribution is 7.92. The zero-order valence-corrected chi connectivity index (χ0v) is 23.4. The zero-order chi connectivity index (χ0) is 25.9. The van der Waals surface area contributed by atoms with Gasteiger partial charge >= 0.3 is 0 Å². The standard InChI is InChI=1S/C33H32O2S2/c1-5-21(3)36(34)23-15-17-27-25-11-7-9-13-29(25)33(31(27)19-23)30-14-10-8-12-26(30)28-18-16-24(20-32(28)33)37(35)22(4)6-2/h7-22H,5-6H2,1-4H3. The van der Waals surface area contributed by atoms with Gasteiger partial charge in [-0.25, -0.2) is 0 Å². The van der Waals surface area contributed by atoms with E-state index in [9.17, 15) is 9.11 Å². The van der Waals surface area contributed by atoms with Gasteiger partial charge in [0.15, 0.2) is 9.79 Å². The van der Waals surface area contributed by atoms with Crippen molar-refractivity contribution in [2.45, 2.75) is 66.2 Å². The molecule has 0 saturated heterocycles. The van der Waals surface area contributed by atoms with Gasteiger partial charge in [-0.3, -0.25) is 0 Å². The smallest absolute Gasteiger partial charge is 0.153 e. The fraction of sp³-hybridized carbons (Fsp3) is 0.273. The second-order valence-electron chi connectivity index (χ2n) is 10.3. The van der Waals surface area contributed by atoms with Gasteiger partial charge in [0, 0.05) is 0 Å². The van der Waals surface area contributed by atoms with Gasteiger partial charge in [-0.1, -0.05) is 62.4 Å². The molecule has 0 radical (unpaired) electrons. The topological polar surface area (TPSA) is 46.1 Å². The average Bonchev–Trinajstić information content (AvgIpc) is 3.42. The van der Waals surface area contributed by atoms with Crippen LogP contribution in [0.25, 0.3) is 22.3 Å². The van der Waals surface area contributed by atoms with Crippen LogP contribution in [0.5, 0.6) is 0 Å². The molecule has 4 aromatic carbocycles. The zero-order valence-electron chi connectivity index (χ0n) is 21.8. The lowest BCUT2D eigenvalue weighted by Crippen LogP contribution is -2.27. The molecule has 0 bridgehead atoms. The van der Waals surface area contributed by atoms with Crippen LogP contribution in [0.15, 0.2) is 94.7 Å². The van der Waals surface area contributed by atoms with E-state index in [0.29, 0.717) is 0 Å². The Morgan fingerprint density at radius 3 is 1.35 bits per heavy atom. The molecule has 0 N–H and O–H groups in total. The van der Waals surface area contributed by atoms with Crippen molar-refractivity contribution in [2.24, 2.45) is 0 Å². The first kappa shape index (κ1) is 24.8. The molecule has 6 rings (SSSR count). The summed E-state index contributed by atoms with van der Waals surface area (Å²) in [6.45, 7) is 8.31. The lowest BCUT2D eigenvalue weighted by Gasteiger charge is -2.31. The van der Waals surface area contributed by atoms with Crippen molar-refractivity contribution >= 4 is 22.4 Å². The molecule has 188 valence electrons. The van der Waals surface area contributed by atoms with E-state index >= 15 is 0 Å². The van der Waals surface area contributed by atoms with E-state index in [4.69, 9.17) is 0 Å². The Hall–Kier alpha value is -2.50. The summed E-state index contributed by atoms with van der Waals surface area (Å²) in [6, 6.07) is 30.1. The van der Waals surface area contributed by atoms with Crippen molar-refractivity contribution < 1.29 is 9.11 Å². The van der Waals surface area contributed by atoms with Crippen molar-refractivity contribution in [2.75, 3.05) is 0 Å². The maximum absolute atomic E-state index is 13.5. The molecule has 0 amide bonds. The third-order valence-corrected chi connectivity index (χ3v) is 11.9.